The second-order valence-electron chi connectivity index (χ2n) is 6.17. The van der Waals surface area contributed by atoms with E-state index in [1.54, 1.807) is 17.4 Å². The van der Waals surface area contributed by atoms with Gasteiger partial charge in [-0.25, -0.2) is 9.37 Å². The summed E-state index contributed by atoms with van der Waals surface area (Å²) in [5.41, 5.74) is -0.0243. The number of thiophene rings is 1. The molecule has 0 bridgehead atoms. The number of halogens is 1. The van der Waals surface area contributed by atoms with Crippen molar-refractivity contribution in [1.82, 2.24) is 10.3 Å². The second-order valence-corrected chi connectivity index (χ2v) is 6.95. The van der Waals surface area contributed by atoms with E-state index in [-0.39, 0.29) is 18.3 Å². The minimum absolute atomic E-state index is 0.0983. The number of aliphatic hydroxyl groups is 1. The van der Waals surface area contributed by atoms with Crippen LogP contribution in [0.25, 0.3) is 0 Å². The van der Waals surface area contributed by atoms with Crippen LogP contribution in [-0.4, -0.2) is 41.2 Å². The quantitative estimate of drug-likeness (QED) is 0.866. The van der Waals surface area contributed by atoms with Crippen LogP contribution in [0.4, 0.5) is 10.2 Å². The molecule has 0 saturated carbocycles. The molecule has 0 radical (unpaired) electrons. The zero-order valence-electron chi connectivity index (χ0n) is 13.2. The second kappa shape index (κ2) is 7.27. The van der Waals surface area contributed by atoms with Crippen LogP contribution in [-0.2, 0) is 11.2 Å². The fourth-order valence-corrected chi connectivity index (χ4v) is 3.58. The van der Waals surface area contributed by atoms with Gasteiger partial charge >= 0.3 is 0 Å². The molecule has 0 aromatic carbocycles. The van der Waals surface area contributed by atoms with Crippen LogP contribution in [0, 0.1) is 5.82 Å². The maximum atomic E-state index is 13.0. The van der Waals surface area contributed by atoms with Crippen molar-refractivity contribution in [2.45, 2.75) is 24.9 Å². The Kier molecular flexibility index (Phi) is 5.11. The molecule has 1 saturated heterocycles. The van der Waals surface area contributed by atoms with E-state index in [0.29, 0.717) is 25.2 Å². The van der Waals surface area contributed by atoms with Gasteiger partial charge in [-0.05, 0) is 47.4 Å². The van der Waals surface area contributed by atoms with E-state index in [1.807, 2.05) is 21.7 Å². The van der Waals surface area contributed by atoms with Crippen molar-refractivity contribution in [1.29, 1.82) is 0 Å². The van der Waals surface area contributed by atoms with Crippen LogP contribution in [0.2, 0.25) is 0 Å². The highest BCUT2D eigenvalue weighted by Crippen LogP contribution is 2.24. The Morgan fingerprint density at radius 2 is 2.33 bits per heavy atom. The maximum Gasteiger partial charge on any atom is 0.224 e. The van der Waals surface area contributed by atoms with Crippen LogP contribution in [0.5, 0.6) is 0 Å². The minimum atomic E-state index is -1.00. The van der Waals surface area contributed by atoms with Gasteiger partial charge in [0.25, 0.3) is 0 Å². The molecule has 7 heteroatoms. The molecular weight excluding hydrogens is 329 g/mol. The summed E-state index contributed by atoms with van der Waals surface area (Å²) < 4.78 is 13.0. The monoisotopic (exact) mass is 349 g/mol. The standard InChI is InChI=1S/C17H20FN3O2S/c18-14-2-3-15(19-9-14)21-6-1-5-17(23,12-21)11-20-16(22)8-13-4-7-24-10-13/h2-4,7,9-10,23H,1,5-6,8,11-12H2,(H,20,22). The van der Waals surface area contributed by atoms with Crippen molar-refractivity contribution in [3.8, 4) is 0 Å². The number of aromatic nitrogens is 1. The third-order valence-corrected chi connectivity index (χ3v) is 4.88. The maximum absolute atomic E-state index is 13.0. The summed E-state index contributed by atoms with van der Waals surface area (Å²) in [5.74, 6) is 0.157. The van der Waals surface area contributed by atoms with Gasteiger partial charge in [0.1, 0.15) is 11.6 Å². The van der Waals surface area contributed by atoms with Crippen molar-refractivity contribution in [2.75, 3.05) is 24.5 Å². The molecule has 1 aliphatic rings. The predicted octanol–water partition coefficient (Wildman–Crippen LogP) is 1.97. The van der Waals surface area contributed by atoms with Crippen molar-refractivity contribution in [3.63, 3.8) is 0 Å². The average molecular weight is 349 g/mol. The van der Waals surface area contributed by atoms with Gasteiger partial charge in [0.2, 0.25) is 5.91 Å². The first-order valence-corrected chi connectivity index (χ1v) is 8.85. The molecule has 2 aromatic heterocycles. The van der Waals surface area contributed by atoms with Crippen LogP contribution >= 0.6 is 11.3 Å². The summed E-state index contributed by atoms with van der Waals surface area (Å²) in [6.07, 6.45) is 2.90. The Labute approximate surface area is 144 Å². The molecule has 5 nitrogen and oxygen atoms in total. The summed E-state index contributed by atoms with van der Waals surface area (Å²) in [6.45, 7) is 1.32. The average Bonchev–Trinajstić information content (AvgIpc) is 3.07. The lowest BCUT2D eigenvalue weighted by atomic mass is 9.92. The Bertz CT molecular complexity index is 678. The molecule has 1 fully saturated rings. The van der Waals surface area contributed by atoms with Crippen LogP contribution in [0.1, 0.15) is 18.4 Å². The van der Waals surface area contributed by atoms with Gasteiger partial charge in [0.05, 0.1) is 18.2 Å². The topological polar surface area (TPSA) is 65.5 Å². The lowest BCUT2D eigenvalue weighted by Crippen LogP contribution is -2.54. The van der Waals surface area contributed by atoms with E-state index in [9.17, 15) is 14.3 Å². The molecule has 3 heterocycles. The molecule has 0 spiro atoms. The number of β-amino-alcohol motifs (C(OH)–C–C–N with tert-alkyl or cyclic N) is 1. The molecule has 24 heavy (non-hydrogen) atoms. The number of carbonyl (C=O) groups is 1. The van der Waals surface area contributed by atoms with Gasteiger partial charge < -0.3 is 15.3 Å². The highest BCUT2D eigenvalue weighted by atomic mass is 32.1. The molecule has 1 unspecified atom stereocenters. The zero-order valence-corrected chi connectivity index (χ0v) is 14.1. The molecule has 1 aliphatic heterocycles. The number of carbonyl (C=O) groups excluding carboxylic acids is 1. The third kappa shape index (κ3) is 4.30. The first-order chi connectivity index (χ1) is 11.5. The number of nitrogens with one attached hydrogen (secondary N) is 1. The lowest BCUT2D eigenvalue weighted by Gasteiger charge is -2.39. The molecule has 2 N–H and O–H groups in total. The first-order valence-electron chi connectivity index (χ1n) is 7.91. The Morgan fingerprint density at radius 1 is 1.46 bits per heavy atom. The van der Waals surface area contributed by atoms with E-state index >= 15 is 0 Å². The number of pyridine rings is 1. The molecule has 0 aliphatic carbocycles. The van der Waals surface area contributed by atoms with Gasteiger partial charge in [-0.15, -0.1) is 0 Å². The lowest BCUT2D eigenvalue weighted by molar-refractivity contribution is -0.121. The summed E-state index contributed by atoms with van der Waals surface area (Å²) in [5, 5.41) is 17.5. The Morgan fingerprint density at radius 3 is 3.04 bits per heavy atom. The fraction of sp³-hybridized carbons (Fsp3) is 0.412. The van der Waals surface area contributed by atoms with E-state index in [1.165, 1.54) is 12.3 Å². The SMILES string of the molecule is O=C(Cc1ccsc1)NCC1(O)CCCN(c2ccc(F)cn2)C1. The normalized spacial score (nSPS) is 20.8. The first kappa shape index (κ1) is 16.9. The number of amides is 1. The molecule has 2 aromatic rings. The summed E-state index contributed by atoms with van der Waals surface area (Å²) in [4.78, 5) is 18.0. The number of piperidine rings is 1. The molecule has 128 valence electrons. The largest absolute Gasteiger partial charge is 0.386 e. The van der Waals surface area contributed by atoms with Crippen molar-refractivity contribution >= 4 is 23.1 Å². The summed E-state index contributed by atoms with van der Waals surface area (Å²) in [6, 6.07) is 4.89. The van der Waals surface area contributed by atoms with Crippen LogP contribution in [0.3, 0.4) is 0 Å². The zero-order chi connectivity index (χ0) is 17.0. The van der Waals surface area contributed by atoms with E-state index in [2.05, 4.69) is 10.3 Å². The number of anilines is 1. The van der Waals surface area contributed by atoms with E-state index in [4.69, 9.17) is 0 Å². The van der Waals surface area contributed by atoms with Crippen molar-refractivity contribution < 1.29 is 14.3 Å². The molecular formula is C17H20FN3O2S. The van der Waals surface area contributed by atoms with E-state index < -0.39 is 5.60 Å². The number of rotatable bonds is 5. The van der Waals surface area contributed by atoms with Crippen LogP contribution in [0.15, 0.2) is 35.2 Å². The molecule has 1 amide bonds. The van der Waals surface area contributed by atoms with Gasteiger partial charge in [-0.3, -0.25) is 4.79 Å². The molecule has 3 rings (SSSR count). The van der Waals surface area contributed by atoms with Crippen molar-refractivity contribution in [2.24, 2.45) is 0 Å². The third-order valence-electron chi connectivity index (χ3n) is 4.15. The van der Waals surface area contributed by atoms with Gasteiger partial charge in [-0.1, -0.05) is 0 Å². The predicted molar refractivity (Wildman–Crippen MR) is 91.6 cm³/mol. The van der Waals surface area contributed by atoms with Gasteiger partial charge in [0, 0.05) is 19.6 Å². The fourth-order valence-electron chi connectivity index (χ4n) is 2.91. The molecule has 1 atom stereocenters. The number of nitrogens with zero attached hydrogens (tertiary/aromatic N) is 2. The highest BCUT2D eigenvalue weighted by Gasteiger charge is 2.34. The van der Waals surface area contributed by atoms with Gasteiger partial charge in [0.15, 0.2) is 0 Å². The number of hydrogen-bond donors (Lipinski definition) is 2. The summed E-state index contributed by atoms with van der Waals surface area (Å²) in [7, 11) is 0. The smallest absolute Gasteiger partial charge is 0.224 e. The minimum Gasteiger partial charge on any atom is -0.386 e. The van der Waals surface area contributed by atoms with Crippen molar-refractivity contribution in [3.05, 3.63) is 46.5 Å². The number of hydrogen-bond acceptors (Lipinski definition) is 5. The van der Waals surface area contributed by atoms with Gasteiger partial charge in [-0.2, -0.15) is 11.3 Å². The van der Waals surface area contributed by atoms with Crippen LogP contribution < -0.4 is 10.2 Å². The Hall–Kier alpha value is -1.99. The summed E-state index contributed by atoms with van der Waals surface area (Å²) >= 11 is 1.56. The van der Waals surface area contributed by atoms with E-state index in [0.717, 1.165) is 18.5 Å². The Balaban J connectivity index is 1.56. The highest BCUT2D eigenvalue weighted by molar-refractivity contribution is 7.07.